The summed E-state index contributed by atoms with van der Waals surface area (Å²) >= 11 is 0. The lowest BCUT2D eigenvalue weighted by atomic mass is 10.0. The van der Waals surface area contributed by atoms with Crippen LogP contribution in [-0.4, -0.2) is 56.8 Å². The first-order chi connectivity index (χ1) is 14.1. The van der Waals surface area contributed by atoms with Gasteiger partial charge in [0, 0.05) is 13.5 Å². The maximum Gasteiger partial charge on any atom is 0.158 e. The molecule has 0 bridgehead atoms. The van der Waals surface area contributed by atoms with Crippen LogP contribution in [0.3, 0.4) is 0 Å². The van der Waals surface area contributed by atoms with E-state index < -0.39 is 18.3 Å². The van der Waals surface area contributed by atoms with Crippen molar-refractivity contribution in [1.29, 1.82) is 0 Å². The Balaban J connectivity index is 2.05. The van der Waals surface area contributed by atoms with Gasteiger partial charge in [0.15, 0.2) is 6.29 Å². The maximum atomic E-state index is 10.7. The molecule has 0 aliphatic carbocycles. The molecule has 1 aromatic carbocycles. The number of methoxy groups -OCH3 is 1. The van der Waals surface area contributed by atoms with Gasteiger partial charge in [0.2, 0.25) is 0 Å². The number of benzene rings is 1. The first-order valence-electron chi connectivity index (χ1n) is 10.1. The Bertz CT molecular complexity index is 584. The summed E-state index contributed by atoms with van der Waals surface area (Å²) in [5.41, 5.74) is 1.03. The lowest BCUT2D eigenvalue weighted by Crippen LogP contribution is -2.40. The molecule has 1 fully saturated rings. The molecule has 0 unspecified atom stereocenters. The lowest BCUT2D eigenvalue weighted by molar-refractivity contribution is -0.144. The van der Waals surface area contributed by atoms with Crippen molar-refractivity contribution in [3.63, 3.8) is 0 Å². The third-order valence-electron chi connectivity index (χ3n) is 4.66. The molecule has 0 radical (unpaired) electrons. The van der Waals surface area contributed by atoms with Crippen molar-refractivity contribution in [3.05, 3.63) is 60.7 Å². The Labute approximate surface area is 174 Å². The van der Waals surface area contributed by atoms with Crippen LogP contribution in [0.5, 0.6) is 0 Å². The Morgan fingerprint density at radius 3 is 2.55 bits per heavy atom. The minimum Gasteiger partial charge on any atom is -0.390 e. The second-order valence-electron chi connectivity index (χ2n) is 7.16. The van der Waals surface area contributed by atoms with Gasteiger partial charge in [0.05, 0.1) is 25.9 Å². The van der Waals surface area contributed by atoms with E-state index >= 15 is 0 Å². The van der Waals surface area contributed by atoms with Crippen molar-refractivity contribution < 1.29 is 28.8 Å². The van der Waals surface area contributed by atoms with E-state index in [0.29, 0.717) is 26.2 Å². The summed E-state index contributed by atoms with van der Waals surface area (Å²) in [4.78, 5) is 0. The van der Waals surface area contributed by atoms with Gasteiger partial charge in [-0.25, -0.2) is 0 Å². The van der Waals surface area contributed by atoms with Gasteiger partial charge < -0.3 is 28.8 Å². The standard InChI is InChI=1S/C23H34O6/c1-4-8-20(24)23(28-16-19-9-6-5-7-10-19)21(29-17-25-3)12-11-18(2)15-22-26-13-14-27-22/h4-7,9-12,18,20-24H,1,8,13-17H2,2-3H3/b12-11+/t18-,20-,21+,23+/m0/s1. The summed E-state index contributed by atoms with van der Waals surface area (Å²) in [5, 5.41) is 10.7. The Morgan fingerprint density at radius 1 is 1.17 bits per heavy atom. The molecule has 162 valence electrons. The molecular formula is C23H34O6. The van der Waals surface area contributed by atoms with Gasteiger partial charge in [-0.05, 0) is 17.9 Å². The molecule has 0 aromatic heterocycles. The fourth-order valence-corrected chi connectivity index (χ4v) is 3.13. The zero-order valence-electron chi connectivity index (χ0n) is 17.4. The van der Waals surface area contributed by atoms with Gasteiger partial charge in [-0.15, -0.1) is 6.58 Å². The fourth-order valence-electron chi connectivity index (χ4n) is 3.13. The van der Waals surface area contributed by atoms with Crippen molar-refractivity contribution in [2.45, 2.75) is 51.0 Å². The van der Waals surface area contributed by atoms with E-state index in [0.717, 1.165) is 12.0 Å². The highest BCUT2D eigenvalue weighted by atomic mass is 16.7. The second-order valence-corrected chi connectivity index (χ2v) is 7.16. The quantitative estimate of drug-likeness (QED) is 0.377. The molecule has 1 aromatic rings. The SMILES string of the molecule is C=CC[C@H](O)[C@@H](OCc1ccccc1)[C@@H](/C=C/[C@H](C)CC1OCCO1)OCOC. The Kier molecular flexibility index (Phi) is 11.2. The molecule has 4 atom stereocenters. The summed E-state index contributed by atoms with van der Waals surface area (Å²) in [7, 11) is 1.57. The molecule has 6 heteroatoms. The first kappa shape index (κ1) is 23.7. The van der Waals surface area contributed by atoms with Gasteiger partial charge >= 0.3 is 0 Å². The van der Waals surface area contributed by atoms with Crippen molar-refractivity contribution in [2.24, 2.45) is 5.92 Å². The normalized spacial score (nSPS) is 19.3. The predicted molar refractivity (Wildman–Crippen MR) is 111 cm³/mol. The number of rotatable bonds is 14. The van der Waals surface area contributed by atoms with E-state index in [1.54, 1.807) is 13.2 Å². The van der Waals surface area contributed by atoms with E-state index in [9.17, 15) is 5.11 Å². The molecule has 6 nitrogen and oxygen atoms in total. The van der Waals surface area contributed by atoms with Crippen LogP contribution in [-0.2, 0) is 30.3 Å². The van der Waals surface area contributed by atoms with Crippen molar-refractivity contribution in [2.75, 3.05) is 27.1 Å². The van der Waals surface area contributed by atoms with E-state index in [1.165, 1.54) is 0 Å². The van der Waals surface area contributed by atoms with E-state index in [4.69, 9.17) is 23.7 Å². The molecule has 1 aliphatic rings. The largest absolute Gasteiger partial charge is 0.390 e. The summed E-state index contributed by atoms with van der Waals surface area (Å²) in [6, 6.07) is 9.85. The van der Waals surface area contributed by atoms with Crippen molar-refractivity contribution in [3.8, 4) is 0 Å². The molecule has 29 heavy (non-hydrogen) atoms. The topological polar surface area (TPSA) is 66.4 Å². The van der Waals surface area contributed by atoms with Crippen LogP contribution >= 0.6 is 0 Å². The van der Waals surface area contributed by atoms with E-state index in [-0.39, 0.29) is 19.0 Å². The number of ether oxygens (including phenoxy) is 5. The number of hydrogen-bond acceptors (Lipinski definition) is 6. The minimum absolute atomic E-state index is 0.101. The number of hydrogen-bond donors (Lipinski definition) is 1. The van der Waals surface area contributed by atoms with E-state index in [1.807, 2.05) is 42.5 Å². The minimum atomic E-state index is -0.750. The zero-order chi connectivity index (χ0) is 20.9. The van der Waals surface area contributed by atoms with Crippen LogP contribution < -0.4 is 0 Å². The highest BCUT2D eigenvalue weighted by Gasteiger charge is 2.28. The molecule has 1 heterocycles. The summed E-state index contributed by atoms with van der Waals surface area (Å²) < 4.78 is 28.0. The first-order valence-corrected chi connectivity index (χ1v) is 10.1. The average Bonchev–Trinajstić information content (AvgIpc) is 3.23. The smallest absolute Gasteiger partial charge is 0.158 e. The highest BCUT2D eigenvalue weighted by Crippen LogP contribution is 2.20. The van der Waals surface area contributed by atoms with Crippen LogP contribution in [0.25, 0.3) is 0 Å². The summed E-state index contributed by atoms with van der Waals surface area (Å²) in [5.74, 6) is 0.220. The van der Waals surface area contributed by atoms with E-state index in [2.05, 4.69) is 13.5 Å². The number of aliphatic hydroxyl groups excluding tert-OH is 1. The average molecular weight is 407 g/mol. The number of aliphatic hydroxyl groups is 1. The third-order valence-corrected chi connectivity index (χ3v) is 4.66. The monoisotopic (exact) mass is 406 g/mol. The molecule has 1 N–H and O–H groups in total. The second kappa shape index (κ2) is 13.6. The molecular weight excluding hydrogens is 372 g/mol. The van der Waals surface area contributed by atoms with Gasteiger partial charge in [0.25, 0.3) is 0 Å². The van der Waals surface area contributed by atoms with Crippen LogP contribution in [0.15, 0.2) is 55.1 Å². The number of allylic oxidation sites excluding steroid dienone is 1. The molecule has 1 aliphatic heterocycles. The molecule has 0 spiro atoms. The third kappa shape index (κ3) is 8.78. The summed E-state index contributed by atoms with van der Waals surface area (Å²) in [6.07, 6.45) is 4.87. The van der Waals surface area contributed by atoms with Crippen LogP contribution in [0.1, 0.15) is 25.3 Å². The van der Waals surface area contributed by atoms with Gasteiger partial charge in [-0.2, -0.15) is 0 Å². The molecule has 0 saturated carbocycles. The van der Waals surface area contributed by atoms with Gasteiger partial charge in [-0.1, -0.05) is 55.5 Å². The summed E-state index contributed by atoms with van der Waals surface area (Å²) in [6.45, 7) is 7.58. The maximum absolute atomic E-state index is 10.7. The predicted octanol–water partition coefficient (Wildman–Crippen LogP) is 3.45. The Hall–Kier alpha value is -1.54. The molecule has 0 amide bonds. The Morgan fingerprint density at radius 2 is 1.90 bits per heavy atom. The van der Waals surface area contributed by atoms with Crippen LogP contribution in [0.4, 0.5) is 0 Å². The van der Waals surface area contributed by atoms with Crippen molar-refractivity contribution in [1.82, 2.24) is 0 Å². The zero-order valence-corrected chi connectivity index (χ0v) is 17.4. The van der Waals surface area contributed by atoms with Gasteiger partial charge in [-0.3, -0.25) is 0 Å². The molecule has 1 saturated heterocycles. The molecule has 2 rings (SSSR count). The highest BCUT2D eigenvalue weighted by molar-refractivity contribution is 5.13. The fraction of sp³-hybridized carbons (Fsp3) is 0.565. The van der Waals surface area contributed by atoms with Crippen LogP contribution in [0, 0.1) is 5.92 Å². The van der Waals surface area contributed by atoms with Crippen LogP contribution in [0.2, 0.25) is 0 Å². The lowest BCUT2D eigenvalue weighted by Gasteiger charge is -2.29. The van der Waals surface area contributed by atoms with Crippen molar-refractivity contribution >= 4 is 0 Å². The van der Waals surface area contributed by atoms with Gasteiger partial charge in [0.1, 0.15) is 19.0 Å².